The lowest BCUT2D eigenvalue weighted by Gasteiger charge is -2.32. The molecule has 0 heterocycles. The second kappa shape index (κ2) is 8.20. The highest BCUT2D eigenvalue weighted by atomic mass is 35.5. The van der Waals surface area contributed by atoms with Gasteiger partial charge in [-0.1, -0.05) is 0 Å². The van der Waals surface area contributed by atoms with Crippen LogP contribution in [0.3, 0.4) is 0 Å². The summed E-state index contributed by atoms with van der Waals surface area (Å²) in [5, 5.41) is -0.484. The molecule has 0 radical (unpaired) electrons. The summed E-state index contributed by atoms with van der Waals surface area (Å²) < 4.78 is 16.0. The molecule has 0 aliphatic carbocycles. The minimum absolute atomic E-state index is 0.396. The van der Waals surface area contributed by atoms with Crippen LogP contribution in [0.4, 0.5) is 0 Å². The summed E-state index contributed by atoms with van der Waals surface area (Å²) in [5.41, 5.74) is 0. The van der Waals surface area contributed by atoms with Crippen molar-refractivity contribution in [3.8, 4) is 0 Å². The zero-order valence-corrected chi connectivity index (χ0v) is 14.0. The Kier molecular flexibility index (Phi) is 8.67. The Morgan fingerprint density at radius 2 is 1.35 bits per heavy atom. The van der Waals surface area contributed by atoms with E-state index in [0.717, 1.165) is 0 Å². The Bertz CT molecular complexity index is 194. The third-order valence-electron chi connectivity index (χ3n) is 2.07. The third kappa shape index (κ3) is 6.62. The molecule has 7 heteroatoms. The topological polar surface area (TPSA) is 27.7 Å². The number of hydrogen-bond acceptors (Lipinski definition) is 3. The molecule has 0 saturated carbocycles. The lowest BCUT2D eigenvalue weighted by atomic mass is 10.3. The molecule has 0 bridgehead atoms. The van der Waals surface area contributed by atoms with Gasteiger partial charge in [-0.05, 0) is 27.7 Å². The molecule has 0 fully saturated rings. The molecule has 0 aliphatic rings. The lowest BCUT2D eigenvalue weighted by Crippen LogP contribution is -2.49. The van der Waals surface area contributed by atoms with Crippen LogP contribution in [0, 0.1) is 0 Å². The van der Waals surface area contributed by atoms with E-state index < -0.39 is 18.5 Å². The van der Waals surface area contributed by atoms with Crippen LogP contribution in [0.5, 0.6) is 0 Å². The van der Waals surface area contributed by atoms with E-state index in [9.17, 15) is 0 Å². The summed E-state index contributed by atoms with van der Waals surface area (Å²) in [5.74, 6) is 0. The largest absolute Gasteiger partial charge is 0.502 e. The zero-order chi connectivity index (χ0) is 13.5. The van der Waals surface area contributed by atoms with Gasteiger partial charge in [-0.15, -0.1) is 34.8 Å². The summed E-state index contributed by atoms with van der Waals surface area (Å²) in [4.78, 5) is 0. The van der Waals surface area contributed by atoms with Gasteiger partial charge in [-0.3, -0.25) is 0 Å². The van der Waals surface area contributed by atoms with Gasteiger partial charge in [0.05, 0.1) is 5.38 Å². The van der Waals surface area contributed by atoms with Crippen LogP contribution in [-0.2, 0) is 13.3 Å². The maximum absolute atomic E-state index is 6.18. The first-order valence-electron chi connectivity index (χ1n) is 5.75. The normalized spacial score (nSPS) is 15.0. The summed E-state index contributed by atoms with van der Waals surface area (Å²) in [6, 6.07) is 0.396. The Morgan fingerprint density at radius 3 is 1.59 bits per heavy atom. The van der Waals surface area contributed by atoms with E-state index in [-0.39, 0.29) is 0 Å². The molecule has 1 atom stereocenters. The molecule has 0 aliphatic heterocycles. The molecule has 0 amide bonds. The number of halogens is 3. The summed E-state index contributed by atoms with van der Waals surface area (Å²) in [6.45, 7) is 8.86. The molecule has 0 N–H and O–H groups in total. The first kappa shape index (κ1) is 18.0. The number of rotatable bonds is 9. The van der Waals surface area contributed by atoms with Crippen LogP contribution >= 0.6 is 34.8 Å². The minimum atomic E-state index is -2.77. The number of alkyl halides is 3. The predicted molar refractivity (Wildman–Crippen MR) is 75.2 cm³/mol. The number of hydrogen-bond donors (Lipinski definition) is 0. The van der Waals surface area contributed by atoms with Crippen molar-refractivity contribution in [3.63, 3.8) is 0 Å². The van der Waals surface area contributed by atoms with Crippen molar-refractivity contribution in [1.29, 1.82) is 0 Å². The van der Waals surface area contributed by atoms with Gasteiger partial charge < -0.3 is 13.3 Å². The molecular weight excluding hydrogens is 303 g/mol. The molecule has 17 heavy (non-hydrogen) atoms. The molecule has 104 valence electrons. The Labute approximate surface area is 120 Å². The average Bonchev–Trinajstić information content (AvgIpc) is 2.17. The SMILES string of the molecule is CCO[Si](CC(Cl)C(C)(Cl)Cl)(OCC)OCC. The lowest BCUT2D eigenvalue weighted by molar-refractivity contribution is 0.0709. The molecule has 0 aromatic carbocycles. The average molecular weight is 324 g/mol. The quantitative estimate of drug-likeness (QED) is 0.477. The molecule has 0 saturated heterocycles. The molecule has 1 unspecified atom stereocenters. The van der Waals surface area contributed by atoms with Crippen molar-refractivity contribution in [2.75, 3.05) is 19.8 Å². The van der Waals surface area contributed by atoms with Gasteiger partial charge in [0.15, 0.2) is 0 Å². The van der Waals surface area contributed by atoms with Crippen molar-refractivity contribution in [2.24, 2.45) is 0 Å². The first-order chi connectivity index (χ1) is 7.81. The molecular formula is C10H21Cl3O3Si. The minimum Gasteiger partial charge on any atom is -0.374 e. The van der Waals surface area contributed by atoms with Gasteiger partial charge >= 0.3 is 8.80 Å². The summed E-state index contributed by atoms with van der Waals surface area (Å²) in [6.07, 6.45) is 0. The highest BCUT2D eigenvalue weighted by molar-refractivity contribution is 6.63. The third-order valence-corrected chi connectivity index (χ3v) is 6.77. The summed E-state index contributed by atoms with van der Waals surface area (Å²) in [7, 11) is -2.77. The summed E-state index contributed by atoms with van der Waals surface area (Å²) >= 11 is 18.1. The zero-order valence-electron chi connectivity index (χ0n) is 10.8. The highest BCUT2D eigenvalue weighted by Gasteiger charge is 2.46. The fourth-order valence-corrected chi connectivity index (χ4v) is 5.11. The van der Waals surface area contributed by atoms with Crippen LogP contribution in [0.15, 0.2) is 0 Å². The van der Waals surface area contributed by atoms with Gasteiger partial charge in [-0.25, -0.2) is 0 Å². The standard InChI is InChI=1S/C10H21Cl3O3Si/c1-5-14-17(15-6-2,16-7-3)8-9(11)10(4,12)13/h9H,5-8H2,1-4H3. The van der Waals surface area contributed by atoms with Gasteiger partial charge in [0.25, 0.3) is 0 Å². The Balaban J connectivity index is 4.75. The predicted octanol–water partition coefficient (Wildman–Crippen LogP) is 3.84. The first-order valence-corrected chi connectivity index (χ1v) is 8.87. The smallest absolute Gasteiger partial charge is 0.374 e. The maximum Gasteiger partial charge on any atom is 0.502 e. The van der Waals surface area contributed by atoms with E-state index in [1.807, 2.05) is 20.8 Å². The van der Waals surface area contributed by atoms with E-state index in [1.165, 1.54) is 0 Å². The second-order valence-corrected chi connectivity index (χ2v) is 8.54. The van der Waals surface area contributed by atoms with Gasteiger partial charge in [0.2, 0.25) is 0 Å². The van der Waals surface area contributed by atoms with Crippen LogP contribution in [0.1, 0.15) is 27.7 Å². The fraction of sp³-hybridized carbons (Fsp3) is 1.00. The molecule has 0 spiro atoms. The monoisotopic (exact) mass is 322 g/mol. The highest BCUT2D eigenvalue weighted by Crippen LogP contribution is 2.35. The van der Waals surface area contributed by atoms with Crippen LogP contribution in [0.2, 0.25) is 6.04 Å². The molecule has 0 aromatic heterocycles. The van der Waals surface area contributed by atoms with Crippen molar-refractivity contribution in [2.45, 2.75) is 43.4 Å². The van der Waals surface area contributed by atoms with Crippen LogP contribution in [0.25, 0.3) is 0 Å². The van der Waals surface area contributed by atoms with E-state index in [0.29, 0.717) is 25.9 Å². The van der Waals surface area contributed by atoms with E-state index in [2.05, 4.69) is 0 Å². The van der Waals surface area contributed by atoms with E-state index in [1.54, 1.807) is 6.92 Å². The van der Waals surface area contributed by atoms with E-state index >= 15 is 0 Å². The van der Waals surface area contributed by atoms with Crippen molar-refractivity contribution >= 4 is 43.6 Å². The second-order valence-electron chi connectivity index (χ2n) is 3.61. The van der Waals surface area contributed by atoms with Gasteiger partial charge in [0, 0.05) is 25.9 Å². The van der Waals surface area contributed by atoms with Crippen molar-refractivity contribution in [1.82, 2.24) is 0 Å². The fourth-order valence-electron chi connectivity index (χ4n) is 1.36. The van der Waals surface area contributed by atoms with Crippen LogP contribution in [-0.4, -0.2) is 38.3 Å². The van der Waals surface area contributed by atoms with Crippen LogP contribution < -0.4 is 0 Å². The van der Waals surface area contributed by atoms with E-state index in [4.69, 9.17) is 48.1 Å². The molecule has 3 nitrogen and oxygen atoms in total. The Hall–Kier alpha value is 0.967. The molecule has 0 rings (SSSR count). The van der Waals surface area contributed by atoms with Crippen molar-refractivity contribution in [3.05, 3.63) is 0 Å². The van der Waals surface area contributed by atoms with Crippen molar-refractivity contribution < 1.29 is 13.3 Å². The van der Waals surface area contributed by atoms with Gasteiger partial charge in [0.1, 0.15) is 4.33 Å². The van der Waals surface area contributed by atoms with Gasteiger partial charge in [-0.2, -0.15) is 0 Å². The molecule has 0 aromatic rings. The maximum atomic E-state index is 6.18. The Morgan fingerprint density at radius 1 is 1.00 bits per heavy atom.